The molecule has 0 fully saturated rings. The molecule has 0 aliphatic rings. The number of carbonyl (C=O) groups is 2. The van der Waals surface area contributed by atoms with E-state index in [4.69, 9.17) is 9.47 Å². The summed E-state index contributed by atoms with van der Waals surface area (Å²) in [4.78, 5) is 24.9. The first-order chi connectivity index (χ1) is 12.6. The summed E-state index contributed by atoms with van der Waals surface area (Å²) >= 11 is 0. The van der Waals surface area contributed by atoms with Gasteiger partial charge in [-0.3, -0.25) is 0 Å². The van der Waals surface area contributed by atoms with Crippen molar-refractivity contribution >= 4 is 11.9 Å². The van der Waals surface area contributed by atoms with E-state index in [1.807, 2.05) is 38.1 Å². The Hall–Kier alpha value is -3.40. The summed E-state index contributed by atoms with van der Waals surface area (Å²) in [7, 11) is 0. The Balaban J connectivity index is 1.83. The Morgan fingerprint density at radius 3 is 1.31 bits per heavy atom. The van der Waals surface area contributed by atoms with E-state index in [1.165, 1.54) is 0 Å². The van der Waals surface area contributed by atoms with Gasteiger partial charge in [0.05, 0.1) is 11.1 Å². The summed E-state index contributed by atoms with van der Waals surface area (Å²) in [5, 5.41) is 0. The molecule has 0 saturated heterocycles. The van der Waals surface area contributed by atoms with Crippen LogP contribution in [-0.2, 0) is 0 Å². The third-order valence-electron chi connectivity index (χ3n) is 3.98. The van der Waals surface area contributed by atoms with Crippen LogP contribution in [0.5, 0.6) is 11.5 Å². The molecule has 0 atom stereocenters. The van der Waals surface area contributed by atoms with Gasteiger partial charge in [-0.2, -0.15) is 0 Å². The van der Waals surface area contributed by atoms with Crippen molar-refractivity contribution in [2.24, 2.45) is 0 Å². The molecule has 3 rings (SSSR count). The standard InChI is InChI=1S/C22H18O4/c1-15-9-3-5-11-17(15)21(23)25-19-13-7-8-14-20(19)26-22(24)18-12-6-4-10-16(18)2/h3-14H,1-2H3. The van der Waals surface area contributed by atoms with Gasteiger partial charge in [-0.05, 0) is 49.2 Å². The highest BCUT2D eigenvalue weighted by Crippen LogP contribution is 2.28. The van der Waals surface area contributed by atoms with Crippen LogP contribution in [-0.4, -0.2) is 11.9 Å². The van der Waals surface area contributed by atoms with Crippen molar-refractivity contribution in [2.75, 3.05) is 0 Å². The average Bonchev–Trinajstić information content (AvgIpc) is 2.64. The first kappa shape index (κ1) is 17.4. The number of hydrogen-bond donors (Lipinski definition) is 0. The minimum absolute atomic E-state index is 0.197. The maximum atomic E-state index is 12.4. The third-order valence-corrected chi connectivity index (χ3v) is 3.98. The topological polar surface area (TPSA) is 52.6 Å². The monoisotopic (exact) mass is 346 g/mol. The molecule has 0 radical (unpaired) electrons. The summed E-state index contributed by atoms with van der Waals surface area (Å²) in [6.45, 7) is 3.67. The lowest BCUT2D eigenvalue weighted by Gasteiger charge is -2.12. The highest BCUT2D eigenvalue weighted by molar-refractivity contribution is 5.94. The Kier molecular flexibility index (Phi) is 5.13. The number of aryl methyl sites for hydroxylation is 2. The highest BCUT2D eigenvalue weighted by Gasteiger charge is 2.17. The van der Waals surface area contributed by atoms with Crippen LogP contribution in [0.2, 0.25) is 0 Å². The SMILES string of the molecule is Cc1ccccc1C(=O)Oc1ccccc1OC(=O)c1ccccc1C. The molecule has 0 spiro atoms. The minimum atomic E-state index is -0.498. The fraction of sp³-hybridized carbons (Fsp3) is 0.0909. The fourth-order valence-electron chi connectivity index (χ4n) is 2.53. The third kappa shape index (κ3) is 3.81. The predicted octanol–water partition coefficient (Wildman–Crippen LogP) is 4.74. The van der Waals surface area contributed by atoms with Gasteiger partial charge >= 0.3 is 11.9 Å². The van der Waals surface area contributed by atoms with Crippen LogP contribution in [0, 0.1) is 13.8 Å². The molecule has 0 heterocycles. The van der Waals surface area contributed by atoms with Crippen LogP contribution in [0.3, 0.4) is 0 Å². The number of rotatable bonds is 4. The minimum Gasteiger partial charge on any atom is -0.419 e. The second-order valence-electron chi connectivity index (χ2n) is 5.86. The molecular weight excluding hydrogens is 328 g/mol. The van der Waals surface area contributed by atoms with Crippen molar-refractivity contribution < 1.29 is 19.1 Å². The molecule has 0 saturated carbocycles. The second kappa shape index (κ2) is 7.66. The van der Waals surface area contributed by atoms with Gasteiger partial charge in [0.15, 0.2) is 11.5 Å². The Bertz CT molecular complexity index is 881. The first-order valence-corrected chi connectivity index (χ1v) is 8.21. The number of ether oxygens (including phenoxy) is 2. The van der Waals surface area contributed by atoms with E-state index in [0.717, 1.165) is 11.1 Å². The summed E-state index contributed by atoms with van der Waals surface area (Å²) in [5.41, 5.74) is 2.55. The number of carbonyl (C=O) groups excluding carboxylic acids is 2. The molecule has 3 aromatic rings. The lowest BCUT2D eigenvalue weighted by atomic mass is 10.1. The zero-order valence-corrected chi connectivity index (χ0v) is 14.6. The highest BCUT2D eigenvalue weighted by atomic mass is 16.6. The van der Waals surface area contributed by atoms with Crippen LogP contribution >= 0.6 is 0 Å². The molecule has 3 aromatic carbocycles. The van der Waals surface area contributed by atoms with E-state index in [-0.39, 0.29) is 11.5 Å². The van der Waals surface area contributed by atoms with Crippen LogP contribution in [0.25, 0.3) is 0 Å². The number of esters is 2. The van der Waals surface area contributed by atoms with Gasteiger partial charge in [0.1, 0.15) is 0 Å². The Morgan fingerprint density at radius 2 is 0.923 bits per heavy atom. The average molecular weight is 346 g/mol. The van der Waals surface area contributed by atoms with Crippen molar-refractivity contribution in [3.63, 3.8) is 0 Å². The van der Waals surface area contributed by atoms with E-state index >= 15 is 0 Å². The van der Waals surface area contributed by atoms with Crippen LogP contribution < -0.4 is 9.47 Å². The summed E-state index contributed by atoms with van der Waals surface area (Å²) in [6, 6.07) is 20.9. The number of benzene rings is 3. The molecule has 0 aliphatic heterocycles. The van der Waals surface area contributed by atoms with Gasteiger partial charge < -0.3 is 9.47 Å². The molecule has 130 valence electrons. The Labute approximate surface area is 152 Å². The lowest BCUT2D eigenvalue weighted by molar-refractivity contribution is 0.0681. The molecule has 0 amide bonds. The zero-order valence-electron chi connectivity index (χ0n) is 14.6. The summed E-state index contributed by atoms with van der Waals surface area (Å²) in [5.74, 6) is -0.602. The molecular formula is C22H18O4. The Morgan fingerprint density at radius 1 is 0.577 bits per heavy atom. The van der Waals surface area contributed by atoms with E-state index < -0.39 is 11.9 Å². The normalized spacial score (nSPS) is 10.2. The molecule has 0 N–H and O–H groups in total. The molecule has 0 aliphatic carbocycles. The summed E-state index contributed by atoms with van der Waals surface area (Å²) in [6.07, 6.45) is 0. The number of hydrogen-bond acceptors (Lipinski definition) is 4. The van der Waals surface area contributed by atoms with Crippen molar-refractivity contribution in [3.05, 3.63) is 95.1 Å². The van der Waals surface area contributed by atoms with Crippen molar-refractivity contribution in [2.45, 2.75) is 13.8 Å². The van der Waals surface area contributed by atoms with Crippen LogP contribution in [0.1, 0.15) is 31.8 Å². The molecule has 26 heavy (non-hydrogen) atoms. The smallest absolute Gasteiger partial charge is 0.343 e. The zero-order chi connectivity index (χ0) is 18.5. The maximum Gasteiger partial charge on any atom is 0.343 e. The van der Waals surface area contributed by atoms with Gasteiger partial charge in [-0.25, -0.2) is 9.59 Å². The molecule has 0 aromatic heterocycles. The second-order valence-corrected chi connectivity index (χ2v) is 5.86. The maximum absolute atomic E-state index is 12.4. The van der Waals surface area contributed by atoms with Crippen LogP contribution in [0.4, 0.5) is 0 Å². The van der Waals surface area contributed by atoms with Crippen molar-refractivity contribution in [1.29, 1.82) is 0 Å². The molecule has 0 unspecified atom stereocenters. The van der Waals surface area contributed by atoms with E-state index in [2.05, 4.69) is 0 Å². The largest absolute Gasteiger partial charge is 0.419 e. The lowest BCUT2D eigenvalue weighted by Crippen LogP contribution is -2.14. The van der Waals surface area contributed by atoms with E-state index in [1.54, 1.807) is 48.5 Å². The van der Waals surface area contributed by atoms with Gasteiger partial charge in [-0.1, -0.05) is 48.5 Å². The number of para-hydroxylation sites is 2. The quantitative estimate of drug-likeness (QED) is 0.506. The fourth-order valence-corrected chi connectivity index (χ4v) is 2.53. The molecule has 4 nitrogen and oxygen atoms in total. The summed E-state index contributed by atoms with van der Waals surface area (Å²) < 4.78 is 10.9. The van der Waals surface area contributed by atoms with Crippen LogP contribution in [0.15, 0.2) is 72.8 Å². The first-order valence-electron chi connectivity index (χ1n) is 8.21. The predicted molar refractivity (Wildman–Crippen MR) is 98.7 cm³/mol. The van der Waals surface area contributed by atoms with Crippen molar-refractivity contribution in [1.82, 2.24) is 0 Å². The van der Waals surface area contributed by atoms with Crippen molar-refractivity contribution in [3.8, 4) is 11.5 Å². The van der Waals surface area contributed by atoms with Gasteiger partial charge in [0.2, 0.25) is 0 Å². The van der Waals surface area contributed by atoms with Gasteiger partial charge in [0.25, 0.3) is 0 Å². The van der Waals surface area contributed by atoms with Gasteiger partial charge in [-0.15, -0.1) is 0 Å². The molecule has 0 bridgehead atoms. The molecule has 4 heteroatoms. The van der Waals surface area contributed by atoms with Gasteiger partial charge in [0, 0.05) is 0 Å². The van der Waals surface area contributed by atoms with E-state index in [9.17, 15) is 9.59 Å². The van der Waals surface area contributed by atoms with E-state index in [0.29, 0.717) is 11.1 Å².